The van der Waals surface area contributed by atoms with Crippen LogP contribution in [0.15, 0.2) is 110 Å². The first-order valence-electron chi connectivity index (χ1n) is 22.5. The van der Waals surface area contributed by atoms with Gasteiger partial charge in [-0.1, -0.05) is 53.7 Å². The van der Waals surface area contributed by atoms with Gasteiger partial charge >= 0.3 is 0 Å². The van der Waals surface area contributed by atoms with E-state index in [-0.39, 0.29) is 22.0 Å². The van der Waals surface area contributed by atoms with Crippen LogP contribution in [0.25, 0.3) is 39.1 Å². The number of rotatable bonds is 9. The lowest BCUT2D eigenvalue weighted by molar-refractivity contribution is -0.127. The second-order valence-corrected chi connectivity index (χ2v) is 16.7. The summed E-state index contributed by atoms with van der Waals surface area (Å²) in [4.78, 5) is 79.5. The zero-order valence-electron chi connectivity index (χ0n) is 37.6. The van der Waals surface area contributed by atoms with Gasteiger partial charge in [0, 0.05) is 62.8 Å². The van der Waals surface area contributed by atoms with Gasteiger partial charge in [0.2, 0.25) is 0 Å². The third-order valence-corrected chi connectivity index (χ3v) is 12.7. The second kappa shape index (κ2) is 18.9. The van der Waals surface area contributed by atoms with E-state index < -0.39 is 29.2 Å². The molecule has 1 saturated heterocycles. The van der Waals surface area contributed by atoms with Crippen LogP contribution in [0.3, 0.4) is 0 Å². The lowest BCUT2D eigenvalue weighted by Gasteiger charge is -2.20. The predicted molar refractivity (Wildman–Crippen MR) is 249 cm³/mol. The number of aryl methyl sites for hydroxylation is 1. The van der Waals surface area contributed by atoms with Gasteiger partial charge in [-0.3, -0.25) is 19.2 Å². The lowest BCUT2D eigenvalue weighted by Crippen LogP contribution is -2.38. The van der Waals surface area contributed by atoms with Crippen LogP contribution in [0, 0.1) is 12.7 Å². The fourth-order valence-corrected chi connectivity index (χ4v) is 9.20. The average Bonchev–Trinajstić information content (AvgIpc) is 4.25. The standard InChI is InChI=1S/C26H24N8O3.C23H21FN6O2/c1-16-29-15-34(31-16)25-23-22(21(37-2)13-28-25)18(12-27-23)24(35)26(36)32-10-8-19-20(9-11-32)33(14-30-19)17-6-4-3-5-7-17;24-18-14-26-22(30-12-9-27-28-30)20-19(18)17(13-25-20)21(31)23(32)29-10-4-7-16(8-11-29)15-5-2-1-3-6-15/h3-7,12-15,27H,8-11H2,1-2H3;1-3,5-6,9,12-14,16,25H,4,7-8,10-11H2. The van der Waals surface area contributed by atoms with E-state index >= 15 is 0 Å². The fraction of sp³-hybridized carbons (Fsp3) is 0.245. The second-order valence-electron chi connectivity index (χ2n) is 16.7. The first-order chi connectivity index (χ1) is 33.7. The van der Waals surface area contributed by atoms with Gasteiger partial charge in [0.25, 0.3) is 23.4 Å². The topological polar surface area (TPSA) is 221 Å². The van der Waals surface area contributed by atoms with Crippen molar-refractivity contribution in [1.29, 1.82) is 0 Å². The largest absolute Gasteiger partial charge is 0.494 e. The summed E-state index contributed by atoms with van der Waals surface area (Å²) in [6, 6.07) is 20.2. The maximum absolute atomic E-state index is 14.7. The summed E-state index contributed by atoms with van der Waals surface area (Å²) in [6.45, 7) is 3.59. The number of para-hydroxylation sites is 1. The van der Waals surface area contributed by atoms with Crippen LogP contribution in [0.4, 0.5) is 4.39 Å². The molecule has 2 aromatic carbocycles. The summed E-state index contributed by atoms with van der Waals surface area (Å²) in [7, 11) is 1.50. The molecule has 1 atom stereocenters. The van der Waals surface area contributed by atoms with Crippen molar-refractivity contribution in [3.8, 4) is 23.1 Å². The summed E-state index contributed by atoms with van der Waals surface area (Å²) in [5, 5.41) is 12.4. The van der Waals surface area contributed by atoms with Crippen LogP contribution in [0.1, 0.15) is 68.7 Å². The Hall–Kier alpha value is -8.68. The molecule has 1 fully saturated rings. The fourth-order valence-electron chi connectivity index (χ4n) is 9.20. The molecular formula is C49H45FN14O5. The van der Waals surface area contributed by atoms with E-state index in [0.717, 1.165) is 42.5 Å². The highest BCUT2D eigenvalue weighted by Crippen LogP contribution is 2.33. The molecule has 0 radical (unpaired) electrons. The number of amides is 2. The molecule has 2 N–H and O–H groups in total. The maximum Gasteiger partial charge on any atom is 0.295 e. The third kappa shape index (κ3) is 8.51. The number of aromatic nitrogens is 12. The maximum atomic E-state index is 14.7. The number of carbonyl (C=O) groups excluding carboxylic acids is 4. The number of imidazole rings is 1. The summed E-state index contributed by atoms with van der Waals surface area (Å²) in [5.74, 6) is -1.12. The van der Waals surface area contributed by atoms with Gasteiger partial charge < -0.3 is 29.1 Å². The lowest BCUT2D eigenvalue weighted by atomic mass is 9.92. The molecule has 1 unspecified atom stereocenters. The molecule has 9 aromatic rings. The number of pyridine rings is 2. The minimum absolute atomic E-state index is 0.00452. The van der Waals surface area contributed by atoms with Crippen LogP contribution < -0.4 is 4.74 Å². The molecule has 9 heterocycles. The van der Waals surface area contributed by atoms with Crippen LogP contribution >= 0.6 is 0 Å². The molecule has 0 spiro atoms. The van der Waals surface area contributed by atoms with Crippen molar-refractivity contribution in [3.63, 3.8) is 0 Å². The number of benzene rings is 2. The van der Waals surface area contributed by atoms with E-state index in [1.165, 1.54) is 46.8 Å². The van der Waals surface area contributed by atoms with Crippen LogP contribution in [-0.2, 0) is 22.4 Å². The van der Waals surface area contributed by atoms with Crippen molar-refractivity contribution < 1.29 is 28.3 Å². The Balaban J connectivity index is 0.000000162. The number of carbonyl (C=O) groups is 4. The molecule has 19 nitrogen and oxygen atoms in total. The SMILES string of the molecule is COc1cnc(-n2cnc(C)n2)c2[nH]cc(C(=O)C(=O)N3CCc4ncn(-c5ccccc5)c4CC3)c12.O=C(C(=O)N1CCCC(c2ccccc2)CC1)c1c[nH]c2c(-n3ccnn3)ncc(F)c12. The van der Waals surface area contributed by atoms with Crippen LogP contribution in [0.2, 0.25) is 0 Å². The molecule has 2 aliphatic heterocycles. The summed E-state index contributed by atoms with van der Waals surface area (Å²) < 4.78 is 25.1. The molecule has 69 heavy (non-hydrogen) atoms. The van der Waals surface area contributed by atoms with Crippen molar-refractivity contribution in [2.75, 3.05) is 33.3 Å². The number of fused-ring (bicyclic) bond motifs is 3. The number of hydrogen-bond donors (Lipinski definition) is 2. The quantitative estimate of drug-likeness (QED) is 0.131. The Kier molecular flexibility index (Phi) is 12.1. The Morgan fingerprint density at radius 3 is 2.09 bits per heavy atom. The molecule has 0 aliphatic carbocycles. The Bertz CT molecular complexity index is 3340. The normalized spacial score (nSPS) is 15.0. The van der Waals surface area contributed by atoms with E-state index in [0.29, 0.717) is 79.1 Å². The van der Waals surface area contributed by atoms with E-state index in [4.69, 9.17) is 4.74 Å². The zero-order chi connectivity index (χ0) is 47.6. The molecule has 2 aliphatic rings. The van der Waals surface area contributed by atoms with Crippen molar-refractivity contribution in [1.82, 2.24) is 69.0 Å². The molecule has 0 bridgehead atoms. The molecule has 7 aromatic heterocycles. The Morgan fingerprint density at radius 1 is 0.725 bits per heavy atom. The van der Waals surface area contributed by atoms with Crippen molar-refractivity contribution >= 4 is 45.2 Å². The third-order valence-electron chi connectivity index (χ3n) is 12.7. The number of ketones is 2. The Labute approximate surface area is 393 Å². The van der Waals surface area contributed by atoms with E-state index in [9.17, 15) is 23.6 Å². The number of methoxy groups -OCH3 is 1. The van der Waals surface area contributed by atoms with E-state index in [1.54, 1.807) is 29.2 Å². The summed E-state index contributed by atoms with van der Waals surface area (Å²) >= 11 is 0. The summed E-state index contributed by atoms with van der Waals surface area (Å²) in [5.41, 5.74) is 5.31. The van der Waals surface area contributed by atoms with Gasteiger partial charge in [0.15, 0.2) is 17.5 Å². The minimum atomic E-state index is -0.732. The van der Waals surface area contributed by atoms with Crippen molar-refractivity contribution in [2.45, 2.75) is 44.9 Å². The molecule has 0 saturated carbocycles. The van der Waals surface area contributed by atoms with E-state index in [2.05, 4.69) is 62.0 Å². The number of H-pyrrole nitrogens is 2. The molecule has 20 heteroatoms. The minimum Gasteiger partial charge on any atom is -0.494 e. The molecular weight excluding hydrogens is 884 g/mol. The monoisotopic (exact) mass is 928 g/mol. The van der Waals surface area contributed by atoms with Crippen LogP contribution in [-0.4, -0.2) is 126 Å². The van der Waals surface area contributed by atoms with Gasteiger partial charge in [0.1, 0.15) is 17.9 Å². The Morgan fingerprint density at radius 2 is 1.39 bits per heavy atom. The smallest absolute Gasteiger partial charge is 0.295 e. The number of nitrogens with zero attached hydrogens (tertiary/aromatic N) is 12. The van der Waals surface area contributed by atoms with Gasteiger partial charge in [-0.25, -0.2) is 33.7 Å². The number of ether oxygens (including phenoxy) is 1. The first-order valence-corrected chi connectivity index (χ1v) is 22.5. The number of halogens is 1. The summed E-state index contributed by atoms with van der Waals surface area (Å²) in [6.07, 6.45) is 15.5. The van der Waals surface area contributed by atoms with Gasteiger partial charge in [-0.05, 0) is 49.8 Å². The van der Waals surface area contributed by atoms with Crippen molar-refractivity contribution in [3.05, 3.63) is 150 Å². The van der Waals surface area contributed by atoms with Gasteiger partial charge in [0.05, 0.1) is 76.9 Å². The van der Waals surface area contributed by atoms with E-state index in [1.807, 2.05) is 54.9 Å². The van der Waals surface area contributed by atoms with Gasteiger partial charge in [-0.2, -0.15) is 5.10 Å². The van der Waals surface area contributed by atoms with Crippen molar-refractivity contribution in [2.24, 2.45) is 0 Å². The molecule has 2 amide bonds. The molecule has 11 rings (SSSR count). The predicted octanol–water partition coefficient (Wildman–Crippen LogP) is 5.72. The number of aromatic amines is 2. The number of Topliss-reactive ketones (excluding diaryl/α,β-unsaturated/α-hetero) is 2. The van der Waals surface area contributed by atoms with Crippen LogP contribution in [0.5, 0.6) is 5.75 Å². The van der Waals surface area contributed by atoms with Gasteiger partial charge in [-0.15, -0.1) is 5.10 Å². The number of likely N-dealkylation sites (tertiary alicyclic amines) is 1. The highest BCUT2D eigenvalue weighted by Gasteiger charge is 2.32. The number of nitrogens with one attached hydrogen (secondary N) is 2. The highest BCUT2D eigenvalue weighted by atomic mass is 19.1. The highest BCUT2D eigenvalue weighted by molar-refractivity contribution is 6.45. The molecule has 348 valence electrons. The first kappa shape index (κ1) is 44.2. The average molecular weight is 929 g/mol. The zero-order valence-corrected chi connectivity index (χ0v) is 37.6. The number of hydrogen-bond acceptors (Lipinski definition) is 12.